The van der Waals surface area contributed by atoms with Crippen molar-refractivity contribution >= 4 is 11.8 Å². The Bertz CT molecular complexity index is 567. The number of rotatable bonds is 7. The minimum absolute atomic E-state index is 0.0227. The fraction of sp³-hybridized carbons (Fsp3) is 0.579. The maximum atomic E-state index is 12.7. The molecule has 1 saturated carbocycles. The predicted molar refractivity (Wildman–Crippen MR) is 93.9 cm³/mol. The molecule has 0 heterocycles. The van der Waals surface area contributed by atoms with Gasteiger partial charge in [0.05, 0.1) is 6.54 Å². The van der Waals surface area contributed by atoms with Crippen LogP contribution >= 0.6 is 0 Å². The molecule has 1 aliphatic rings. The summed E-state index contributed by atoms with van der Waals surface area (Å²) in [5.74, 6) is 0.920. The van der Waals surface area contributed by atoms with Crippen molar-refractivity contribution in [1.29, 1.82) is 0 Å². The lowest BCUT2D eigenvalue weighted by Crippen LogP contribution is -2.51. The standard InChI is InChI=1S/C19H28N2O3/c1-14-8-4-7-11-17(14)24-13-12-21(3)19(23)18(20-15(2)22)16-9-5-6-10-16/h4,7-8,11,16,18H,5-6,9-10,12-13H2,1-3H3,(H,20,22). The van der Waals surface area contributed by atoms with E-state index < -0.39 is 6.04 Å². The van der Waals surface area contributed by atoms with E-state index in [1.807, 2.05) is 31.2 Å². The van der Waals surface area contributed by atoms with Gasteiger partial charge in [0, 0.05) is 14.0 Å². The van der Waals surface area contributed by atoms with Gasteiger partial charge in [-0.15, -0.1) is 0 Å². The molecule has 132 valence electrons. The molecule has 1 unspecified atom stereocenters. The minimum atomic E-state index is -0.409. The number of para-hydroxylation sites is 1. The Kier molecular flexibility index (Phi) is 6.64. The van der Waals surface area contributed by atoms with Crippen LogP contribution in [0.25, 0.3) is 0 Å². The van der Waals surface area contributed by atoms with Crippen molar-refractivity contribution in [3.63, 3.8) is 0 Å². The molecular weight excluding hydrogens is 304 g/mol. The van der Waals surface area contributed by atoms with E-state index in [1.54, 1.807) is 11.9 Å². The van der Waals surface area contributed by atoms with Gasteiger partial charge in [-0.3, -0.25) is 9.59 Å². The van der Waals surface area contributed by atoms with Crippen LogP contribution in [0.15, 0.2) is 24.3 Å². The Morgan fingerprint density at radius 2 is 1.96 bits per heavy atom. The van der Waals surface area contributed by atoms with Crippen LogP contribution in [0.4, 0.5) is 0 Å². The first-order valence-electron chi connectivity index (χ1n) is 8.69. The lowest BCUT2D eigenvalue weighted by Gasteiger charge is -2.28. The lowest BCUT2D eigenvalue weighted by molar-refractivity contribution is -0.136. The first kappa shape index (κ1) is 18.3. The molecule has 24 heavy (non-hydrogen) atoms. The number of hydrogen-bond acceptors (Lipinski definition) is 3. The van der Waals surface area contributed by atoms with Crippen LogP contribution in [-0.2, 0) is 9.59 Å². The fourth-order valence-electron chi connectivity index (χ4n) is 3.25. The molecule has 0 saturated heterocycles. The number of carbonyl (C=O) groups excluding carboxylic acids is 2. The third-order valence-corrected chi connectivity index (χ3v) is 4.65. The van der Waals surface area contributed by atoms with Gasteiger partial charge in [-0.2, -0.15) is 0 Å². The van der Waals surface area contributed by atoms with Crippen molar-refractivity contribution in [3.8, 4) is 5.75 Å². The molecule has 0 bridgehead atoms. The van der Waals surface area contributed by atoms with E-state index in [0.717, 1.165) is 37.0 Å². The molecule has 1 atom stereocenters. The first-order valence-corrected chi connectivity index (χ1v) is 8.69. The quantitative estimate of drug-likeness (QED) is 0.835. The zero-order valence-corrected chi connectivity index (χ0v) is 14.9. The van der Waals surface area contributed by atoms with Crippen molar-refractivity contribution < 1.29 is 14.3 Å². The Morgan fingerprint density at radius 3 is 2.58 bits per heavy atom. The topological polar surface area (TPSA) is 58.6 Å². The molecular formula is C19H28N2O3. The second-order valence-electron chi connectivity index (χ2n) is 6.60. The van der Waals surface area contributed by atoms with E-state index >= 15 is 0 Å². The van der Waals surface area contributed by atoms with Gasteiger partial charge in [0.25, 0.3) is 0 Å². The molecule has 5 heteroatoms. The van der Waals surface area contributed by atoms with E-state index in [9.17, 15) is 9.59 Å². The summed E-state index contributed by atoms with van der Waals surface area (Å²) < 4.78 is 5.76. The number of likely N-dealkylation sites (N-methyl/N-ethyl adjacent to an activating group) is 1. The smallest absolute Gasteiger partial charge is 0.245 e. The summed E-state index contributed by atoms with van der Waals surface area (Å²) in [6.45, 7) is 4.40. The summed E-state index contributed by atoms with van der Waals surface area (Å²) >= 11 is 0. The van der Waals surface area contributed by atoms with Gasteiger partial charge >= 0.3 is 0 Å². The van der Waals surface area contributed by atoms with Gasteiger partial charge in [-0.1, -0.05) is 31.0 Å². The maximum absolute atomic E-state index is 12.7. The van der Waals surface area contributed by atoms with Gasteiger partial charge in [0.15, 0.2) is 0 Å². The molecule has 0 aromatic heterocycles. The highest BCUT2D eigenvalue weighted by Gasteiger charge is 2.32. The van der Waals surface area contributed by atoms with E-state index in [-0.39, 0.29) is 17.7 Å². The summed E-state index contributed by atoms with van der Waals surface area (Å²) in [6, 6.07) is 7.42. The van der Waals surface area contributed by atoms with Crippen LogP contribution in [0.2, 0.25) is 0 Å². The number of carbonyl (C=O) groups is 2. The molecule has 1 aromatic rings. The van der Waals surface area contributed by atoms with Crippen LogP contribution < -0.4 is 10.1 Å². The van der Waals surface area contributed by atoms with Crippen molar-refractivity contribution in [2.24, 2.45) is 5.92 Å². The third kappa shape index (κ3) is 4.98. The molecule has 1 aromatic carbocycles. The van der Waals surface area contributed by atoms with E-state index in [1.165, 1.54) is 6.92 Å². The molecule has 1 N–H and O–H groups in total. The van der Waals surface area contributed by atoms with Crippen LogP contribution in [0.5, 0.6) is 5.75 Å². The Hall–Kier alpha value is -2.04. The number of hydrogen-bond donors (Lipinski definition) is 1. The summed E-state index contributed by atoms with van der Waals surface area (Å²) in [4.78, 5) is 25.9. The van der Waals surface area contributed by atoms with Crippen molar-refractivity contribution in [1.82, 2.24) is 10.2 Å². The van der Waals surface area contributed by atoms with Gasteiger partial charge in [-0.25, -0.2) is 0 Å². The van der Waals surface area contributed by atoms with Crippen LogP contribution in [0.3, 0.4) is 0 Å². The average Bonchev–Trinajstić information content (AvgIpc) is 3.07. The van der Waals surface area contributed by atoms with Crippen molar-refractivity contribution in [3.05, 3.63) is 29.8 Å². The SMILES string of the molecule is CC(=O)NC(C(=O)N(C)CCOc1ccccc1C)C1CCCC1. The minimum Gasteiger partial charge on any atom is -0.491 e. The van der Waals surface area contributed by atoms with Crippen LogP contribution in [0, 0.1) is 12.8 Å². The van der Waals surface area contributed by atoms with Crippen molar-refractivity contribution in [2.75, 3.05) is 20.2 Å². The number of ether oxygens (including phenoxy) is 1. The molecule has 0 radical (unpaired) electrons. The number of benzene rings is 1. The Balaban J connectivity index is 1.88. The normalized spacial score (nSPS) is 15.8. The number of nitrogens with zero attached hydrogens (tertiary/aromatic N) is 1. The average molecular weight is 332 g/mol. The fourth-order valence-corrected chi connectivity index (χ4v) is 3.25. The molecule has 1 fully saturated rings. The number of nitrogens with one attached hydrogen (secondary N) is 1. The van der Waals surface area contributed by atoms with Crippen molar-refractivity contribution in [2.45, 2.75) is 45.6 Å². The summed E-state index contributed by atoms with van der Waals surface area (Å²) in [7, 11) is 1.77. The predicted octanol–water partition coefficient (Wildman–Crippen LogP) is 2.53. The summed E-state index contributed by atoms with van der Waals surface area (Å²) in [6.07, 6.45) is 4.27. The maximum Gasteiger partial charge on any atom is 0.245 e. The second kappa shape index (κ2) is 8.71. The van der Waals surface area contributed by atoms with Gasteiger partial charge in [-0.05, 0) is 37.3 Å². The zero-order valence-electron chi connectivity index (χ0n) is 14.9. The van der Waals surface area contributed by atoms with Gasteiger partial charge < -0.3 is 15.0 Å². The van der Waals surface area contributed by atoms with Gasteiger partial charge in [0.1, 0.15) is 18.4 Å². The largest absolute Gasteiger partial charge is 0.491 e. The Labute approximate surface area is 144 Å². The second-order valence-corrected chi connectivity index (χ2v) is 6.60. The number of aryl methyl sites for hydroxylation is 1. The lowest BCUT2D eigenvalue weighted by atomic mass is 9.97. The molecule has 5 nitrogen and oxygen atoms in total. The molecule has 1 aliphatic carbocycles. The highest BCUT2D eigenvalue weighted by Crippen LogP contribution is 2.28. The molecule has 2 rings (SSSR count). The van der Waals surface area contributed by atoms with Crippen LogP contribution in [0.1, 0.15) is 38.2 Å². The molecule has 0 spiro atoms. The van der Waals surface area contributed by atoms with Crippen LogP contribution in [-0.4, -0.2) is 43.0 Å². The van der Waals surface area contributed by atoms with E-state index in [0.29, 0.717) is 13.2 Å². The Morgan fingerprint density at radius 1 is 1.29 bits per heavy atom. The zero-order chi connectivity index (χ0) is 17.5. The van der Waals surface area contributed by atoms with E-state index in [4.69, 9.17) is 4.74 Å². The molecule has 0 aliphatic heterocycles. The number of amides is 2. The monoisotopic (exact) mass is 332 g/mol. The summed E-state index contributed by atoms with van der Waals surface area (Å²) in [5.41, 5.74) is 1.08. The van der Waals surface area contributed by atoms with Gasteiger partial charge in [0.2, 0.25) is 11.8 Å². The highest BCUT2D eigenvalue weighted by atomic mass is 16.5. The third-order valence-electron chi connectivity index (χ3n) is 4.65. The summed E-state index contributed by atoms with van der Waals surface area (Å²) in [5, 5.41) is 2.85. The molecule has 2 amide bonds. The van der Waals surface area contributed by atoms with E-state index in [2.05, 4.69) is 5.32 Å². The highest BCUT2D eigenvalue weighted by molar-refractivity contribution is 5.87. The first-order chi connectivity index (χ1) is 11.5.